The number of hydrogen-bond donors (Lipinski definition) is 0. The van der Waals surface area contributed by atoms with Crippen LogP contribution in [-0.4, -0.2) is 17.5 Å². The summed E-state index contributed by atoms with van der Waals surface area (Å²) in [5, 5.41) is 0. The second-order valence-corrected chi connectivity index (χ2v) is 5.01. The van der Waals surface area contributed by atoms with Gasteiger partial charge in [-0.25, -0.2) is 8.78 Å². The van der Waals surface area contributed by atoms with E-state index in [1.807, 2.05) is 6.07 Å². The fourth-order valence-corrected chi connectivity index (χ4v) is 1.95. The molecule has 0 N–H and O–H groups in total. The molecule has 0 saturated heterocycles. The molecule has 1 fully saturated rings. The molecule has 1 aromatic rings. The van der Waals surface area contributed by atoms with Crippen LogP contribution >= 0.6 is 0 Å². The molecule has 17 heavy (non-hydrogen) atoms. The molecule has 1 saturated carbocycles. The Morgan fingerprint density at radius 2 is 2.18 bits per heavy atom. The monoisotopic (exact) mass is 241 g/mol. The van der Waals surface area contributed by atoms with Crippen LogP contribution in [-0.2, 0) is 0 Å². The summed E-state index contributed by atoms with van der Waals surface area (Å²) in [5.41, 5.74) is 0.960. The van der Waals surface area contributed by atoms with E-state index in [0.717, 1.165) is 11.4 Å². The van der Waals surface area contributed by atoms with Gasteiger partial charge < -0.3 is 4.74 Å². The van der Waals surface area contributed by atoms with Crippen LogP contribution in [0.3, 0.4) is 0 Å². The van der Waals surface area contributed by atoms with Crippen molar-refractivity contribution in [3.63, 3.8) is 0 Å². The second-order valence-electron chi connectivity index (χ2n) is 5.01. The van der Waals surface area contributed by atoms with Crippen LogP contribution in [0.1, 0.15) is 38.3 Å². The predicted octanol–water partition coefficient (Wildman–Crippen LogP) is 3.63. The van der Waals surface area contributed by atoms with Crippen LogP contribution in [0.2, 0.25) is 0 Å². The zero-order chi connectivity index (χ0) is 12.5. The molecule has 4 heteroatoms. The fourth-order valence-electron chi connectivity index (χ4n) is 1.95. The minimum Gasteiger partial charge on any atom is -0.493 e. The molecule has 2 nitrogen and oxygen atoms in total. The van der Waals surface area contributed by atoms with Gasteiger partial charge in [0.05, 0.1) is 6.61 Å². The summed E-state index contributed by atoms with van der Waals surface area (Å²) in [4.78, 5) is 4.22. The lowest BCUT2D eigenvalue weighted by Crippen LogP contribution is -2.38. The smallest absolute Gasteiger partial charge is 0.248 e. The maximum absolute atomic E-state index is 12.6. The highest BCUT2D eigenvalue weighted by Crippen LogP contribution is 2.42. The van der Waals surface area contributed by atoms with Crippen LogP contribution in [0.15, 0.2) is 18.3 Å². The van der Waals surface area contributed by atoms with Gasteiger partial charge in [0.1, 0.15) is 5.75 Å². The van der Waals surface area contributed by atoms with Gasteiger partial charge in [-0.15, -0.1) is 0 Å². The molecule has 1 aromatic heterocycles. The van der Waals surface area contributed by atoms with Crippen molar-refractivity contribution in [1.29, 1.82) is 0 Å². The Kier molecular flexibility index (Phi) is 3.31. The Morgan fingerprint density at radius 1 is 1.47 bits per heavy atom. The highest BCUT2D eigenvalue weighted by atomic mass is 19.3. The van der Waals surface area contributed by atoms with Gasteiger partial charge in [-0.05, 0) is 12.0 Å². The molecule has 1 aliphatic rings. The Morgan fingerprint density at radius 3 is 2.76 bits per heavy atom. The normalized spacial score (nSPS) is 19.1. The van der Waals surface area contributed by atoms with Gasteiger partial charge in [-0.3, -0.25) is 4.98 Å². The number of nitrogens with zero attached hydrogens (tertiary/aromatic N) is 1. The maximum atomic E-state index is 12.6. The first-order valence-corrected chi connectivity index (χ1v) is 5.93. The van der Waals surface area contributed by atoms with Gasteiger partial charge in [0, 0.05) is 36.7 Å². The first-order chi connectivity index (χ1) is 7.96. The molecule has 94 valence electrons. The SMILES string of the molecule is CC(C)c1cc(OCC2CC(F)(F)C2)ccn1. The van der Waals surface area contributed by atoms with Gasteiger partial charge >= 0.3 is 0 Å². The average molecular weight is 241 g/mol. The van der Waals surface area contributed by atoms with Crippen molar-refractivity contribution in [1.82, 2.24) is 4.98 Å². The lowest BCUT2D eigenvalue weighted by atomic mass is 9.82. The summed E-state index contributed by atoms with van der Waals surface area (Å²) in [6, 6.07) is 3.64. The third-order valence-corrected chi connectivity index (χ3v) is 3.00. The van der Waals surface area contributed by atoms with Gasteiger partial charge in [0.15, 0.2) is 0 Å². The molecule has 0 unspecified atom stereocenters. The molecule has 1 heterocycles. The standard InChI is InChI=1S/C13H17F2NO/c1-9(2)12-5-11(3-4-16-12)17-8-10-6-13(14,15)7-10/h3-5,9-10H,6-8H2,1-2H3. The van der Waals surface area contributed by atoms with Crippen molar-refractivity contribution in [2.24, 2.45) is 5.92 Å². The van der Waals surface area contributed by atoms with Crippen LogP contribution in [0.25, 0.3) is 0 Å². The molecular weight excluding hydrogens is 224 g/mol. The minimum absolute atomic E-state index is 0.0133. The number of alkyl halides is 2. The largest absolute Gasteiger partial charge is 0.493 e. The number of rotatable bonds is 4. The van der Waals surface area contributed by atoms with Crippen molar-refractivity contribution in [2.75, 3.05) is 6.61 Å². The van der Waals surface area contributed by atoms with Crippen LogP contribution < -0.4 is 4.74 Å². The van der Waals surface area contributed by atoms with Gasteiger partial charge in [0.2, 0.25) is 5.92 Å². The molecule has 0 bridgehead atoms. The molecule has 0 atom stereocenters. The fraction of sp³-hybridized carbons (Fsp3) is 0.615. The molecular formula is C13H17F2NO. The number of halogens is 2. The molecule has 0 radical (unpaired) electrons. The van der Waals surface area contributed by atoms with Crippen molar-refractivity contribution in [3.8, 4) is 5.75 Å². The van der Waals surface area contributed by atoms with E-state index in [2.05, 4.69) is 18.8 Å². The first kappa shape index (κ1) is 12.3. The maximum Gasteiger partial charge on any atom is 0.248 e. The molecule has 0 aromatic carbocycles. The molecule has 2 rings (SSSR count). The van der Waals surface area contributed by atoms with E-state index in [-0.39, 0.29) is 18.8 Å². The summed E-state index contributed by atoms with van der Waals surface area (Å²) < 4.78 is 30.8. The topological polar surface area (TPSA) is 22.1 Å². The van der Waals surface area contributed by atoms with E-state index in [1.54, 1.807) is 12.3 Å². The Hall–Kier alpha value is -1.19. The van der Waals surface area contributed by atoms with Crippen molar-refractivity contribution in [2.45, 2.75) is 38.5 Å². The summed E-state index contributed by atoms with van der Waals surface area (Å²) >= 11 is 0. The molecule has 0 spiro atoms. The lowest BCUT2D eigenvalue weighted by Gasteiger charge is -2.34. The van der Waals surface area contributed by atoms with E-state index in [0.29, 0.717) is 12.5 Å². The van der Waals surface area contributed by atoms with E-state index >= 15 is 0 Å². The van der Waals surface area contributed by atoms with Gasteiger partial charge in [-0.2, -0.15) is 0 Å². The third-order valence-electron chi connectivity index (χ3n) is 3.00. The van der Waals surface area contributed by atoms with E-state index in [1.165, 1.54) is 0 Å². The average Bonchev–Trinajstić information content (AvgIpc) is 2.23. The number of ether oxygens (including phenoxy) is 1. The Bertz CT molecular complexity index is 385. The Balaban J connectivity index is 1.85. The summed E-state index contributed by atoms with van der Waals surface area (Å²) in [7, 11) is 0. The zero-order valence-electron chi connectivity index (χ0n) is 10.1. The van der Waals surface area contributed by atoms with Crippen LogP contribution in [0, 0.1) is 5.92 Å². The van der Waals surface area contributed by atoms with E-state index < -0.39 is 5.92 Å². The molecule has 0 amide bonds. The predicted molar refractivity (Wildman–Crippen MR) is 61.5 cm³/mol. The number of aromatic nitrogens is 1. The highest BCUT2D eigenvalue weighted by Gasteiger charge is 2.45. The quantitative estimate of drug-likeness (QED) is 0.803. The van der Waals surface area contributed by atoms with Gasteiger partial charge in [0.25, 0.3) is 0 Å². The highest BCUT2D eigenvalue weighted by molar-refractivity contribution is 5.24. The zero-order valence-corrected chi connectivity index (χ0v) is 10.1. The summed E-state index contributed by atoms with van der Waals surface area (Å²) in [5.74, 6) is -1.42. The summed E-state index contributed by atoms with van der Waals surface area (Å²) in [6.07, 6.45) is 1.60. The third kappa shape index (κ3) is 3.14. The minimum atomic E-state index is -2.46. The second kappa shape index (κ2) is 4.59. The molecule has 1 aliphatic carbocycles. The molecule has 0 aliphatic heterocycles. The Labute approximate surface area is 100 Å². The van der Waals surface area contributed by atoms with Crippen LogP contribution in [0.5, 0.6) is 5.75 Å². The van der Waals surface area contributed by atoms with E-state index in [4.69, 9.17) is 4.74 Å². The van der Waals surface area contributed by atoms with Crippen molar-refractivity contribution in [3.05, 3.63) is 24.0 Å². The summed E-state index contributed by atoms with van der Waals surface area (Å²) in [6.45, 7) is 4.48. The van der Waals surface area contributed by atoms with Gasteiger partial charge in [-0.1, -0.05) is 13.8 Å². The lowest BCUT2D eigenvalue weighted by molar-refractivity contribution is -0.119. The van der Waals surface area contributed by atoms with Crippen molar-refractivity contribution >= 4 is 0 Å². The van der Waals surface area contributed by atoms with Crippen molar-refractivity contribution < 1.29 is 13.5 Å². The number of hydrogen-bond acceptors (Lipinski definition) is 2. The number of pyridine rings is 1. The van der Waals surface area contributed by atoms with E-state index in [9.17, 15) is 8.78 Å². The van der Waals surface area contributed by atoms with Crippen LogP contribution in [0.4, 0.5) is 8.78 Å². The first-order valence-electron chi connectivity index (χ1n) is 5.93.